The first-order chi connectivity index (χ1) is 6.31. The third-order valence-corrected chi connectivity index (χ3v) is 1.70. The van der Waals surface area contributed by atoms with E-state index < -0.39 is 0 Å². The van der Waals surface area contributed by atoms with Crippen molar-refractivity contribution in [3.05, 3.63) is 28.3 Å². The molecule has 0 unspecified atom stereocenters. The second-order valence-electron chi connectivity index (χ2n) is 2.65. The van der Waals surface area contributed by atoms with Gasteiger partial charge in [0, 0.05) is 6.07 Å². The summed E-state index contributed by atoms with van der Waals surface area (Å²) in [4.78, 5) is 11.0. The molecule has 0 spiro atoms. The highest BCUT2D eigenvalue weighted by Gasteiger charge is 2.03. The van der Waals surface area contributed by atoms with Gasteiger partial charge in [0.25, 0.3) is 5.56 Å². The van der Waals surface area contributed by atoms with Crippen LogP contribution in [0.3, 0.4) is 0 Å². The number of nitrogens with one attached hydrogen (secondary N) is 2. The van der Waals surface area contributed by atoms with E-state index >= 15 is 0 Å². The van der Waals surface area contributed by atoms with Gasteiger partial charge in [-0.3, -0.25) is 9.89 Å². The first-order valence-corrected chi connectivity index (χ1v) is 3.89. The van der Waals surface area contributed by atoms with Crippen molar-refractivity contribution in [1.82, 2.24) is 25.1 Å². The van der Waals surface area contributed by atoms with Gasteiger partial charge in [-0.05, 0) is 13.1 Å². The van der Waals surface area contributed by atoms with Crippen LogP contribution in [0.4, 0.5) is 0 Å². The Bertz CT molecular complexity index is 471. The molecular weight excluding hydrogens is 170 g/mol. The second-order valence-corrected chi connectivity index (χ2v) is 2.65. The molecule has 0 aliphatic heterocycles. The molecule has 2 aromatic rings. The topological polar surface area (TPSA) is 75.1 Å². The summed E-state index contributed by atoms with van der Waals surface area (Å²) in [6, 6.07) is 3.05. The summed E-state index contributed by atoms with van der Waals surface area (Å²) in [5.41, 5.74) is 0.481. The van der Waals surface area contributed by atoms with Crippen molar-refractivity contribution in [1.29, 1.82) is 0 Å². The zero-order valence-electron chi connectivity index (χ0n) is 7.11. The van der Waals surface area contributed by atoms with Gasteiger partial charge < -0.3 is 5.32 Å². The Morgan fingerprint density at radius 2 is 2.38 bits per heavy atom. The van der Waals surface area contributed by atoms with E-state index in [0.29, 0.717) is 18.0 Å². The van der Waals surface area contributed by atoms with Crippen molar-refractivity contribution in [2.75, 3.05) is 7.05 Å². The van der Waals surface area contributed by atoms with Crippen LogP contribution in [-0.2, 0) is 6.54 Å². The molecule has 0 amide bonds. The summed E-state index contributed by atoms with van der Waals surface area (Å²) in [5.74, 6) is 0.690. The molecule has 6 heteroatoms. The molecule has 0 aliphatic rings. The van der Waals surface area contributed by atoms with Gasteiger partial charge >= 0.3 is 0 Å². The maximum atomic E-state index is 11.0. The van der Waals surface area contributed by atoms with E-state index in [1.807, 2.05) is 7.05 Å². The zero-order chi connectivity index (χ0) is 9.26. The standard InChI is InChI=1S/C7H9N5O/c1-8-4-6-10-9-5-2-3-7(13)11-12(5)6/h2-3,8H,4H2,1H3,(H,11,13). The van der Waals surface area contributed by atoms with Crippen LogP contribution in [0.2, 0.25) is 0 Å². The van der Waals surface area contributed by atoms with Crippen LogP contribution in [0.5, 0.6) is 0 Å². The predicted molar refractivity (Wildman–Crippen MR) is 46.4 cm³/mol. The molecule has 0 radical (unpaired) electrons. The first kappa shape index (κ1) is 7.93. The number of hydrogen-bond acceptors (Lipinski definition) is 4. The minimum Gasteiger partial charge on any atom is -0.313 e. The minimum absolute atomic E-state index is 0.162. The Balaban J connectivity index is 2.64. The molecule has 2 rings (SSSR count). The lowest BCUT2D eigenvalue weighted by atomic mass is 10.5. The van der Waals surface area contributed by atoms with Crippen molar-refractivity contribution in [2.24, 2.45) is 0 Å². The number of nitrogens with zero attached hydrogens (tertiary/aromatic N) is 3. The van der Waals surface area contributed by atoms with Gasteiger partial charge in [-0.25, -0.2) is 4.52 Å². The SMILES string of the molecule is CNCc1nnc2ccc(=O)[nH]n12. The largest absolute Gasteiger partial charge is 0.313 e. The highest BCUT2D eigenvalue weighted by atomic mass is 16.1. The molecule has 2 heterocycles. The minimum atomic E-state index is -0.162. The van der Waals surface area contributed by atoms with E-state index in [2.05, 4.69) is 20.6 Å². The molecule has 0 aromatic carbocycles. The molecule has 13 heavy (non-hydrogen) atoms. The van der Waals surface area contributed by atoms with Crippen LogP contribution in [-0.4, -0.2) is 26.9 Å². The average Bonchev–Trinajstić information content (AvgIpc) is 2.49. The summed E-state index contributed by atoms with van der Waals surface area (Å²) >= 11 is 0. The number of aromatic nitrogens is 4. The van der Waals surface area contributed by atoms with E-state index in [1.165, 1.54) is 6.07 Å². The highest BCUT2D eigenvalue weighted by Crippen LogP contribution is 1.96. The van der Waals surface area contributed by atoms with Crippen LogP contribution in [0.25, 0.3) is 5.65 Å². The monoisotopic (exact) mass is 179 g/mol. The molecule has 0 fully saturated rings. The molecule has 6 nitrogen and oxygen atoms in total. The number of fused-ring (bicyclic) bond motifs is 1. The van der Waals surface area contributed by atoms with Crippen molar-refractivity contribution >= 4 is 5.65 Å². The van der Waals surface area contributed by atoms with Gasteiger partial charge in [0.15, 0.2) is 11.5 Å². The third kappa shape index (κ3) is 1.31. The van der Waals surface area contributed by atoms with E-state index in [0.717, 1.165) is 0 Å². The maximum Gasteiger partial charge on any atom is 0.263 e. The van der Waals surface area contributed by atoms with Crippen molar-refractivity contribution in [2.45, 2.75) is 6.54 Å². The second kappa shape index (κ2) is 2.98. The molecular formula is C7H9N5O. The fourth-order valence-corrected chi connectivity index (χ4v) is 1.13. The van der Waals surface area contributed by atoms with Gasteiger partial charge in [-0.2, -0.15) is 0 Å². The summed E-state index contributed by atoms with van der Waals surface area (Å²) in [6.45, 7) is 0.571. The van der Waals surface area contributed by atoms with E-state index in [9.17, 15) is 4.79 Å². The molecule has 0 atom stereocenters. The molecule has 0 aliphatic carbocycles. The first-order valence-electron chi connectivity index (χ1n) is 3.89. The summed E-state index contributed by atoms with van der Waals surface area (Å²) < 4.78 is 1.57. The Kier molecular flexibility index (Phi) is 1.82. The van der Waals surface area contributed by atoms with Crippen molar-refractivity contribution in [3.8, 4) is 0 Å². The molecule has 2 N–H and O–H groups in total. The van der Waals surface area contributed by atoms with E-state index in [1.54, 1.807) is 10.6 Å². The van der Waals surface area contributed by atoms with E-state index in [4.69, 9.17) is 0 Å². The van der Waals surface area contributed by atoms with Crippen LogP contribution >= 0.6 is 0 Å². The summed E-state index contributed by atoms with van der Waals surface area (Å²) in [7, 11) is 1.81. The molecule has 0 saturated heterocycles. The van der Waals surface area contributed by atoms with Crippen LogP contribution in [0, 0.1) is 0 Å². The number of hydrogen-bond donors (Lipinski definition) is 2. The third-order valence-electron chi connectivity index (χ3n) is 1.70. The molecule has 0 saturated carbocycles. The lowest BCUT2D eigenvalue weighted by molar-refractivity contribution is 0.713. The lowest BCUT2D eigenvalue weighted by Gasteiger charge is -1.96. The van der Waals surface area contributed by atoms with Crippen molar-refractivity contribution in [3.63, 3.8) is 0 Å². The number of H-pyrrole nitrogens is 1. The quantitative estimate of drug-likeness (QED) is 0.629. The number of rotatable bonds is 2. The lowest BCUT2D eigenvalue weighted by Crippen LogP contribution is -2.14. The van der Waals surface area contributed by atoms with Crippen LogP contribution in [0.15, 0.2) is 16.9 Å². The van der Waals surface area contributed by atoms with E-state index in [-0.39, 0.29) is 5.56 Å². The van der Waals surface area contributed by atoms with Gasteiger partial charge in [0.05, 0.1) is 6.54 Å². The fourth-order valence-electron chi connectivity index (χ4n) is 1.13. The average molecular weight is 179 g/mol. The summed E-state index contributed by atoms with van der Waals surface area (Å²) in [5, 5.41) is 13.3. The highest BCUT2D eigenvalue weighted by molar-refractivity contribution is 5.34. The smallest absolute Gasteiger partial charge is 0.263 e. The Morgan fingerprint density at radius 3 is 3.15 bits per heavy atom. The molecule has 2 aromatic heterocycles. The van der Waals surface area contributed by atoms with Gasteiger partial charge in [0.2, 0.25) is 0 Å². The Labute approximate surface area is 73.6 Å². The van der Waals surface area contributed by atoms with Gasteiger partial charge in [-0.1, -0.05) is 0 Å². The Morgan fingerprint density at radius 1 is 1.54 bits per heavy atom. The van der Waals surface area contributed by atoms with Crippen LogP contribution < -0.4 is 10.9 Å². The van der Waals surface area contributed by atoms with Gasteiger partial charge in [-0.15, -0.1) is 10.2 Å². The maximum absolute atomic E-state index is 11.0. The molecule has 0 bridgehead atoms. The van der Waals surface area contributed by atoms with Crippen LogP contribution in [0.1, 0.15) is 5.82 Å². The molecule has 68 valence electrons. The zero-order valence-corrected chi connectivity index (χ0v) is 7.11. The normalized spacial score (nSPS) is 10.8. The predicted octanol–water partition coefficient (Wildman–Crippen LogP) is -0.863. The van der Waals surface area contributed by atoms with Gasteiger partial charge in [0.1, 0.15) is 0 Å². The fraction of sp³-hybridized carbons (Fsp3) is 0.286. The Hall–Kier alpha value is -1.69. The number of aromatic amines is 1. The van der Waals surface area contributed by atoms with Crippen molar-refractivity contribution < 1.29 is 0 Å². The summed E-state index contributed by atoms with van der Waals surface area (Å²) in [6.07, 6.45) is 0.